The Kier molecular flexibility index (Phi) is 6.90. The molecule has 1 aliphatic carbocycles. The van der Waals surface area contributed by atoms with Crippen LogP contribution in [0.25, 0.3) is 16.8 Å². The lowest BCUT2D eigenvalue weighted by atomic mass is 9.63. The van der Waals surface area contributed by atoms with Crippen molar-refractivity contribution >= 4 is 51.0 Å². The molecule has 3 aliphatic rings. The maximum Gasteiger partial charge on any atom is 0.132 e. The molecule has 0 N–H and O–H groups in total. The number of ether oxygens (including phenoxy) is 2. The van der Waals surface area contributed by atoms with E-state index in [0.29, 0.717) is 0 Å². The van der Waals surface area contributed by atoms with Crippen molar-refractivity contribution in [3.05, 3.63) is 178 Å². The second-order valence-electron chi connectivity index (χ2n) is 15.0. The third-order valence-electron chi connectivity index (χ3n) is 11.4. The van der Waals surface area contributed by atoms with Crippen LogP contribution >= 0.6 is 0 Å². The molecule has 258 valence electrons. The molecule has 0 radical (unpaired) electrons. The van der Waals surface area contributed by atoms with Crippen LogP contribution in [0.4, 0.5) is 34.1 Å². The fourth-order valence-electron chi connectivity index (χ4n) is 8.68. The molecular weight excluding hydrogens is 649 g/mol. The first-order valence-corrected chi connectivity index (χ1v) is 18.5. The number of aryl methyl sites for hydroxylation is 4. The summed E-state index contributed by atoms with van der Waals surface area (Å²) in [7, 11) is 0. The van der Waals surface area contributed by atoms with Crippen LogP contribution in [0.15, 0.2) is 140 Å². The van der Waals surface area contributed by atoms with Gasteiger partial charge in [0.2, 0.25) is 0 Å². The minimum Gasteiger partial charge on any atom is -0.484 e. The molecule has 2 atom stereocenters. The smallest absolute Gasteiger partial charge is 0.132 e. The fraction of sp³-hybridized carbons (Fsp3) is 0.143. The van der Waals surface area contributed by atoms with E-state index < -0.39 is 5.41 Å². The summed E-state index contributed by atoms with van der Waals surface area (Å²) < 4.78 is 14.0. The van der Waals surface area contributed by atoms with E-state index >= 15 is 0 Å². The van der Waals surface area contributed by atoms with Crippen molar-refractivity contribution < 1.29 is 9.47 Å². The maximum absolute atomic E-state index is 7.05. The molecule has 2 heterocycles. The Hall–Kier alpha value is -6.26. The molecule has 0 saturated heterocycles. The number of nitrogens with zero attached hydrogens (tertiary/aromatic N) is 2. The first-order chi connectivity index (χ1) is 25.8. The zero-order valence-corrected chi connectivity index (χ0v) is 30.6. The van der Waals surface area contributed by atoms with Gasteiger partial charge in [-0.05, 0) is 126 Å². The monoisotopic (exact) mass is 688 g/mol. The van der Waals surface area contributed by atoms with Crippen molar-refractivity contribution in [3.8, 4) is 17.2 Å². The second kappa shape index (κ2) is 11.6. The standard InChI is InChI=1S/C49H40N2O2/c1-30-6-14-34(15-7-30)50(35-16-8-31(2)9-17-35)40-24-27-42-46-38(40)22-26-44-48(46)49(5)45(53-42)29-23-39-41(25-28-43(52-44)47(39)49)51(36-18-10-32(3)11-19-36)37-20-12-33(4)13-21-37/h6-29,45H,1-5H3. The minimum absolute atomic E-state index is 0.201. The Morgan fingerprint density at radius 3 is 1.43 bits per heavy atom. The molecular formula is C49H40N2O2. The predicted molar refractivity (Wildman–Crippen MR) is 219 cm³/mol. The number of benzene rings is 7. The van der Waals surface area contributed by atoms with E-state index in [1.54, 1.807) is 0 Å². The average Bonchev–Trinajstić information content (AvgIpc) is 3.17. The summed E-state index contributed by atoms with van der Waals surface area (Å²) in [6, 6.07) is 48.2. The van der Waals surface area contributed by atoms with E-state index in [0.717, 1.165) is 73.3 Å². The van der Waals surface area contributed by atoms with E-state index in [-0.39, 0.29) is 6.10 Å². The topological polar surface area (TPSA) is 24.9 Å². The van der Waals surface area contributed by atoms with Gasteiger partial charge in [0.25, 0.3) is 0 Å². The SMILES string of the molecule is Cc1ccc(N(c2ccc(C)cc2)c2ccc3c4c2C=CC2Oc5ccc(N(c6ccc(C)cc6)c6ccc(C)cc6)c6ccc(c(c56)C42C)O3)cc1. The molecule has 2 aliphatic heterocycles. The molecule has 7 aromatic rings. The van der Waals surface area contributed by atoms with Gasteiger partial charge in [0.1, 0.15) is 23.4 Å². The highest BCUT2D eigenvalue weighted by Gasteiger charge is 2.52. The Morgan fingerprint density at radius 1 is 0.472 bits per heavy atom. The Labute approximate surface area is 311 Å². The summed E-state index contributed by atoms with van der Waals surface area (Å²) in [5, 5.41) is 2.23. The average molecular weight is 689 g/mol. The van der Waals surface area contributed by atoms with Gasteiger partial charge >= 0.3 is 0 Å². The molecule has 10 rings (SSSR count). The highest BCUT2D eigenvalue weighted by atomic mass is 16.5. The molecule has 2 unspecified atom stereocenters. The summed E-state index contributed by atoms with van der Waals surface area (Å²) in [5.41, 5.74) is 14.6. The molecule has 0 saturated carbocycles. The van der Waals surface area contributed by atoms with Crippen molar-refractivity contribution in [2.24, 2.45) is 0 Å². The van der Waals surface area contributed by atoms with Gasteiger partial charge in [-0.1, -0.05) is 76.9 Å². The Bertz CT molecular complexity index is 2510. The predicted octanol–water partition coefficient (Wildman–Crippen LogP) is 13.2. The normalized spacial score (nSPS) is 17.3. The number of hydrogen-bond acceptors (Lipinski definition) is 4. The van der Waals surface area contributed by atoms with Crippen molar-refractivity contribution in [2.45, 2.75) is 46.1 Å². The van der Waals surface area contributed by atoms with Crippen molar-refractivity contribution in [2.75, 3.05) is 9.80 Å². The van der Waals surface area contributed by atoms with Crippen LogP contribution < -0.4 is 19.3 Å². The van der Waals surface area contributed by atoms with Crippen LogP contribution in [0, 0.1) is 27.7 Å². The largest absolute Gasteiger partial charge is 0.484 e. The van der Waals surface area contributed by atoms with Crippen LogP contribution in [-0.2, 0) is 5.41 Å². The van der Waals surface area contributed by atoms with Crippen LogP contribution in [0.3, 0.4) is 0 Å². The van der Waals surface area contributed by atoms with Gasteiger partial charge in [-0.25, -0.2) is 0 Å². The third kappa shape index (κ3) is 4.75. The van der Waals surface area contributed by atoms with Gasteiger partial charge in [-0.3, -0.25) is 0 Å². The highest BCUT2D eigenvalue weighted by molar-refractivity contribution is 6.07. The molecule has 0 aromatic heterocycles. The van der Waals surface area contributed by atoms with Gasteiger partial charge in [-0.15, -0.1) is 0 Å². The summed E-state index contributed by atoms with van der Waals surface area (Å²) in [5.74, 6) is 2.65. The third-order valence-corrected chi connectivity index (χ3v) is 11.4. The van der Waals surface area contributed by atoms with Crippen LogP contribution in [0.2, 0.25) is 0 Å². The molecule has 0 amide bonds. The van der Waals surface area contributed by atoms with Gasteiger partial charge in [-0.2, -0.15) is 0 Å². The summed E-state index contributed by atoms with van der Waals surface area (Å²) >= 11 is 0. The van der Waals surface area contributed by atoms with E-state index in [9.17, 15) is 0 Å². The van der Waals surface area contributed by atoms with Crippen LogP contribution in [0.5, 0.6) is 17.2 Å². The first-order valence-electron chi connectivity index (χ1n) is 18.5. The lowest BCUT2D eigenvalue weighted by Crippen LogP contribution is -2.47. The molecule has 53 heavy (non-hydrogen) atoms. The first kappa shape index (κ1) is 31.5. The van der Waals surface area contributed by atoms with Gasteiger partial charge in [0.05, 0.1) is 16.8 Å². The van der Waals surface area contributed by atoms with Crippen LogP contribution in [-0.4, -0.2) is 6.10 Å². The minimum atomic E-state index is -0.501. The number of rotatable bonds is 6. The van der Waals surface area contributed by atoms with Crippen molar-refractivity contribution in [3.63, 3.8) is 0 Å². The lowest BCUT2D eigenvalue weighted by Gasteiger charge is -2.48. The number of hydrogen-bond donors (Lipinski definition) is 0. The van der Waals surface area contributed by atoms with E-state index in [2.05, 4.69) is 190 Å². The maximum atomic E-state index is 7.05. The molecule has 7 aromatic carbocycles. The summed E-state index contributed by atoms with van der Waals surface area (Å²) in [6.45, 7) is 10.9. The quantitative estimate of drug-likeness (QED) is 0.174. The summed E-state index contributed by atoms with van der Waals surface area (Å²) in [4.78, 5) is 4.73. The summed E-state index contributed by atoms with van der Waals surface area (Å²) in [6.07, 6.45) is 4.31. The van der Waals surface area contributed by atoms with Gasteiger partial charge in [0.15, 0.2) is 0 Å². The molecule has 0 bridgehead atoms. The van der Waals surface area contributed by atoms with E-state index in [4.69, 9.17) is 9.47 Å². The zero-order valence-electron chi connectivity index (χ0n) is 30.6. The van der Waals surface area contributed by atoms with Crippen molar-refractivity contribution in [1.82, 2.24) is 0 Å². The van der Waals surface area contributed by atoms with Gasteiger partial charge < -0.3 is 19.3 Å². The Morgan fingerprint density at radius 2 is 0.906 bits per heavy atom. The van der Waals surface area contributed by atoms with E-state index in [1.807, 2.05) is 0 Å². The van der Waals surface area contributed by atoms with E-state index in [1.165, 1.54) is 27.8 Å². The molecule has 4 nitrogen and oxygen atoms in total. The second-order valence-corrected chi connectivity index (χ2v) is 15.0. The van der Waals surface area contributed by atoms with Crippen LogP contribution in [0.1, 0.15) is 45.9 Å². The Balaban J connectivity index is 1.20. The molecule has 4 heteroatoms. The fourth-order valence-corrected chi connectivity index (χ4v) is 8.68. The number of anilines is 6. The molecule has 0 fully saturated rings. The molecule has 0 spiro atoms. The van der Waals surface area contributed by atoms with Gasteiger partial charge in [0, 0.05) is 50.2 Å². The zero-order chi connectivity index (χ0) is 36.0. The van der Waals surface area contributed by atoms with Crippen molar-refractivity contribution in [1.29, 1.82) is 0 Å². The highest BCUT2D eigenvalue weighted by Crippen LogP contribution is 2.62. The lowest BCUT2D eigenvalue weighted by molar-refractivity contribution is 0.164.